The summed E-state index contributed by atoms with van der Waals surface area (Å²) in [6, 6.07) is 149. The maximum absolute atomic E-state index is 6.28. The highest BCUT2D eigenvalue weighted by Gasteiger charge is 2.37. The van der Waals surface area contributed by atoms with Gasteiger partial charge in [0.2, 0.25) is 0 Å². The van der Waals surface area contributed by atoms with Crippen molar-refractivity contribution in [1.29, 1.82) is 0 Å². The molecule has 0 N–H and O–H groups in total. The Morgan fingerprint density at radius 3 is 1.09 bits per heavy atom. The number of hydrogen-bond donors (Lipinski definition) is 0. The van der Waals surface area contributed by atoms with Crippen LogP contribution in [-0.4, -0.2) is 43.6 Å². The fourth-order valence-corrected chi connectivity index (χ4v) is 25.8. The lowest BCUT2D eigenvalue weighted by atomic mass is 9.82. The lowest BCUT2D eigenvalue weighted by molar-refractivity contribution is 0.661. The molecule has 0 fully saturated rings. The highest BCUT2D eigenvalue weighted by Crippen LogP contribution is 2.53. The Hall–Kier alpha value is -16.7. The molecule has 137 heavy (non-hydrogen) atoms. The SMILES string of the molecule is CC1(C)c2ccccc2-c2cc3c(cc21)c1ccccc1n3-c1ccc(-c2nc(-c3ccccc3)c3sc4ccccc4c3n2)cc1.c1ccc(-c2nc(-c3cccc(-n4c5ccccc5c5cc6oc7ccccc7c6cc54)c3)nc3c2sc2ccccc23)cc1.c1ccc(-c2nc(-c3cccc(-n4c5ccccc5c5cc6sc7ccccc7c6cc54)c3)nc3c2sc2ccccc23)cc1. The Labute approximate surface area is 800 Å². The second-order valence-electron chi connectivity index (χ2n) is 35.8. The maximum Gasteiger partial charge on any atom is 0.160 e. The van der Waals surface area contributed by atoms with Crippen molar-refractivity contribution >= 4 is 214 Å². The van der Waals surface area contributed by atoms with E-state index in [4.69, 9.17) is 34.3 Å². The van der Waals surface area contributed by atoms with Gasteiger partial charge in [-0.05, 0) is 156 Å². The van der Waals surface area contributed by atoms with Crippen molar-refractivity contribution in [2.45, 2.75) is 19.3 Å². The van der Waals surface area contributed by atoms with E-state index >= 15 is 0 Å². The van der Waals surface area contributed by atoms with E-state index in [1.54, 1.807) is 34.0 Å². The fraction of sp³-hybridized carbons (Fsp3) is 0.0244. The first kappa shape index (κ1) is 78.9. The number of rotatable bonds is 9. The molecule has 0 saturated heterocycles. The monoisotopic (exact) mass is 1820 g/mol. The molecule has 0 atom stereocenters. The summed E-state index contributed by atoms with van der Waals surface area (Å²) in [6.45, 7) is 4.70. The van der Waals surface area contributed by atoms with Crippen LogP contribution < -0.4 is 0 Å². The van der Waals surface area contributed by atoms with Gasteiger partial charge in [0, 0.05) is 149 Å². The molecular weight excluding hydrogens is 1750 g/mol. The molecule has 29 aromatic rings. The minimum Gasteiger partial charge on any atom is -0.456 e. The molecule has 0 amide bonds. The van der Waals surface area contributed by atoms with Gasteiger partial charge in [-0.2, -0.15) is 0 Å². The van der Waals surface area contributed by atoms with E-state index in [1.807, 2.05) is 29.5 Å². The smallest absolute Gasteiger partial charge is 0.160 e. The van der Waals surface area contributed by atoms with Crippen LogP contribution in [-0.2, 0) is 5.41 Å². The number of fused-ring (bicyclic) bond motifs is 27. The number of para-hydroxylation sites is 4. The highest BCUT2D eigenvalue weighted by atomic mass is 32.1. The molecule has 1 aliphatic rings. The first-order valence-corrected chi connectivity index (χ1v) is 49.4. The summed E-state index contributed by atoms with van der Waals surface area (Å²) in [5.41, 5.74) is 29.8. The van der Waals surface area contributed by atoms with Gasteiger partial charge >= 0.3 is 0 Å². The molecule has 30 rings (SSSR count). The molecule has 642 valence electrons. The summed E-state index contributed by atoms with van der Waals surface area (Å²) in [7, 11) is 0. The van der Waals surface area contributed by atoms with Crippen LogP contribution in [0.5, 0.6) is 0 Å². The number of nitrogens with zero attached hydrogens (tertiary/aromatic N) is 9. The molecule has 0 unspecified atom stereocenters. The molecule has 0 saturated carbocycles. The third kappa shape index (κ3) is 12.6. The zero-order valence-corrected chi connectivity index (χ0v) is 77.2. The number of benzene rings is 18. The first-order valence-electron chi connectivity index (χ1n) is 46.1. The molecule has 0 spiro atoms. The van der Waals surface area contributed by atoms with Gasteiger partial charge in [0.25, 0.3) is 0 Å². The molecule has 14 heteroatoms. The average molecular weight is 1820 g/mol. The molecule has 0 aliphatic heterocycles. The second-order valence-corrected chi connectivity index (χ2v) is 40.1. The summed E-state index contributed by atoms with van der Waals surface area (Å²) < 4.78 is 23.1. The zero-order chi connectivity index (χ0) is 90.2. The van der Waals surface area contributed by atoms with Crippen LogP contribution in [0.25, 0.3) is 265 Å². The van der Waals surface area contributed by atoms with Gasteiger partial charge < -0.3 is 18.1 Å². The van der Waals surface area contributed by atoms with Crippen molar-refractivity contribution in [3.8, 4) is 96.1 Å². The Kier molecular flexibility index (Phi) is 18.0. The van der Waals surface area contributed by atoms with Crippen molar-refractivity contribution in [2.24, 2.45) is 0 Å². The van der Waals surface area contributed by atoms with Crippen molar-refractivity contribution < 1.29 is 4.42 Å². The van der Waals surface area contributed by atoms with E-state index in [9.17, 15) is 0 Å². The van der Waals surface area contributed by atoms with E-state index in [2.05, 4.69) is 428 Å². The molecule has 11 aromatic heterocycles. The zero-order valence-electron chi connectivity index (χ0n) is 73.9. The first-order chi connectivity index (χ1) is 67.7. The third-order valence-electron chi connectivity index (χ3n) is 27.6. The van der Waals surface area contributed by atoms with Crippen LogP contribution in [0.1, 0.15) is 25.0 Å². The lowest BCUT2D eigenvalue weighted by Gasteiger charge is -2.21. The summed E-state index contributed by atoms with van der Waals surface area (Å²) in [6.07, 6.45) is 0. The molecule has 11 heterocycles. The second kappa shape index (κ2) is 31.2. The molecule has 10 nitrogen and oxygen atoms in total. The van der Waals surface area contributed by atoms with Gasteiger partial charge in [-0.1, -0.05) is 299 Å². The van der Waals surface area contributed by atoms with Crippen molar-refractivity contribution in [2.75, 3.05) is 0 Å². The molecular formula is C123H75N9OS4. The van der Waals surface area contributed by atoms with Gasteiger partial charge in [-0.15, -0.1) is 45.3 Å². The van der Waals surface area contributed by atoms with Crippen LogP contribution in [0.15, 0.2) is 423 Å². The minimum absolute atomic E-state index is 0.0432. The summed E-state index contributed by atoms with van der Waals surface area (Å²) in [4.78, 5) is 31.3. The van der Waals surface area contributed by atoms with Crippen LogP contribution in [0.3, 0.4) is 0 Å². The van der Waals surface area contributed by atoms with Crippen LogP contribution in [0, 0.1) is 0 Å². The summed E-state index contributed by atoms with van der Waals surface area (Å²) in [5, 5.41) is 15.8. The van der Waals surface area contributed by atoms with E-state index in [0.717, 1.165) is 159 Å². The van der Waals surface area contributed by atoms with E-state index < -0.39 is 0 Å². The highest BCUT2D eigenvalue weighted by molar-refractivity contribution is 7.27. The quantitative estimate of drug-likeness (QED) is 0.142. The predicted octanol–water partition coefficient (Wildman–Crippen LogP) is 34.4. The van der Waals surface area contributed by atoms with E-state index in [1.165, 1.54) is 116 Å². The third-order valence-corrected chi connectivity index (χ3v) is 32.3. The van der Waals surface area contributed by atoms with Crippen LogP contribution in [0.4, 0.5) is 0 Å². The van der Waals surface area contributed by atoms with E-state index in [0.29, 0.717) is 0 Å². The number of thiophene rings is 4. The van der Waals surface area contributed by atoms with Gasteiger partial charge in [0.05, 0.1) is 80.8 Å². The topological polar surface area (TPSA) is 105 Å². The largest absolute Gasteiger partial charge is 0.456 e. The summed E-state index contributed by atoms with van der Waals surface area (Å²) in [5.74, 6) is 2.19. The van der Waals surface area contributed by atoms with Gasteiger partial charge in [0.15, 0.2) is 17.5 Å². The predicted molar refractivity (Wildman–Crippen MR) is 578 cm³/mol. The van der Waals surface area contributed by atoms with Crippen molar-refractivity contribution in [3.05, 3.63) is 430 Å². The Balaban J connectivity index is 0.000000102. The fourth-order valence-electron chi connectivity index (χ4n) is 21.2. The van der Waals surface area contributed by atoms with Gasteiger partial charge in [0.1, 0.15) is 11.2 Å². The van der Waals surface area contributed by atoms with Crippen molar-refractivity contribution in [3.63, 3.8) is 0 Å². The molecule has 0 bridgehead atoms. The van der Waals surface area contributed by atoms with Gasteiger partial charge in [-0.3, -0.25) is 0 Å². The standard InChI is InChI=1S/C43H29N3S.C40H23N3OS.C40H23N3S2/c1-43(2)34-17-9-6-14-29(34)32-25-37-33(24-35(32)43)30-15-7-10-18-36(30)46(37)28-22-20-27(21-23-28)42-44-39(26-12-4-3-5-13-26)41-40(45-42)31-16-8-11-19-38(31)47-41;1-2-11-24(12-3-1)37-39-38(29-17-6-9-20-36(29)45-39)42-40(41-37)25-13-10-14-26(21-25)43-32-18-7-4-15-27(32)30-23-35-31(22-33(30)43)28-16-5-8-19-34(28)44-35;1-2-11-24(12-3-1)37-39-38(29-17-6-9-20-35(29)45-39)42-40(41-37)25-13-10-14-26(21-25)43-32-18-7-4-15-27(32)30-23-36-31(22-33(30)43)28-16-5-8-19-34(28)44-36/h3-25H,1-2H3;2*1-23H. The maximum atomic E-state index is 6.28. The van der Waals surface area contributed by atoms with Crippen molar-refractivity contribution in [1.82, 2.24) is 43.6 Å². The molecule has 18 aromatic carbocycles. The minimum atomic E-state index is -0.0432. The lowest BCUT2D eigenvalue weighted by Crippen LogP contribution is -2.14. The molecule has 1 aliphatic carbocycles. The number of furan rings is 1. The van der Waals surface area contributed by atoms with Gasteiger partial charge in [-0.25, -0.2) is 29.9 Å². The Bertz CT molecular complexity index is 9670. The average Bonchev–Trinajstić information content (AvgIpc) is 1.55. The van der Waals surface area contributed by atoms with E-state index in [-0.39, 0.29) is 5.41 Å². The normalized spacial score (nSPS) is 12.5. The Morgan fingerprint density at radius 2 is 0.591 bits per heavy atom. The number of aromatic nitrogens is 9. The van der Waals surface area contributed by atoms with Crippen LogP contribution >= 0.6 is 45.3 Å². The van der Waals surface area contributed by atoms with Crippen LogP contribution in [0.2, 0.25) is 0 Å². The summed E-state index contributed by atoms with van der Waals surface area (Å²) >= 11 is 7.15. The molecule has 0 radical (unpaired) electrons. The Morgan fingerprint density at radius 1 is 0.212 bits per heavy atom. The number of hydrogen-bond acceptors (Lipinski definition) is 11.